The Balaban J connectivity index is 1.90. The predicted molar refractivity (Wildman–Crippen MR) is 147 cm³/mol. The molecule has 3 aromatic carbocycles. The lowest BCUT2D eigenvalue weighted by Crippen LogP contribution is -2.55. The number of nitrogens with one attached hydrogen (secondary N) is 1. The molecule has 3 rings (SSSR count). The number of carbonyl (C=O) groups excluding carboxylic acids is 2. The van der Waals surface area contributed by atoms with E-state index >= 15 is 0 Å². The van der Waals surface area contributed by atoms with Crippen LogP contribution in [0.25, 0.3) is 10.8 Å². The minimum Gasteiger partial charge on any atom is -0.350 e. The number of hydrogen-bond donors (Lipinski definition) is 1. The number of amides is 2. The van der Waals surface area contributed by atoms with Crippen LogP contribution in [0.2, 0.25) is 0 Å². The topological polar surface area (TPSA) is 86.8 Å². The summed E-state index contributed by atoms with van der Waals surface area (Å²) in [5.41, 5.74) is 1.43. The highest BCUT2D eigenvalue weighted by Gasteiger charge is 2.33. The Bertz CT molecular complexity index is 1380. The first-order valence-corrected chi connectivity index (χ1v) is 13.9. The van der Waals surface area contributed by atoms with Crippen molar-refractivity contribution in [2.45, 2.75) is 64.1 Å². The van der Waals surface area contributed by atoms with E-state index in [1.165, 1.54) is 11.9 Å². The van der Waals surface area contributed by atoms with Gasteiger partial charge >= 0.3 is 0 Å². The van der Waals surface area contributed by atoms with Gasteiger partial charge in [-0.3, -0.25) is 9.59 Å². The maximum Gasteiger partial charge on any atom is 0.243 e. The molecule has 37 heavy (non-hydrogen) atoms. The van der Waals surface area contributed by atoms with Gasteiger partial charge in [-0.1, -0.05) is 67.1 Å². The quantitative estimate of drug-likeness (QED) is 0.448. The summed E-state index contributed by atoms with van der Waals surface area (Å²) in [6.45, 7) is 9.26. The normalized spacial score (nSPS) is 12.9. The summed E-state index contributed by atoms with van der Waals surface area (Å²) in [4.78, 5) is 28.4. The molecule has 8 heteroatoms. The van der Waals surface area contributed by atoms with E-state index < -0.39 is 27.5 Å². The molecule has 0 aliphatic rings. The number of carbonyl (C=O) groups is 2. The molecule has 1 N–H and O–H groups in total. The van der Waals surface area contributed by atoms with Gasteiger partial charge in [0.1, 0.15) is 6.04 Å². The van der Waals surface area contributed by atoms with Crippen LogP contribution in [-0.4, -0.2) is 54.6 Å². The summed E-state index contributed by atoms with van der Waals surface area (Å²) in [5, 5.41) is 4.70. The van der Waals surface area contributed by atoms with E-state index in [9.17, 15) is 18.0 Å². The molecule has 3 aromatic rings. The van der Waals surface area contributed by atoms with E-state index in [0.29, 0.717) is 6.42 Å². The Hall–Kier alpha value is -3.23. The van der Waals surface area contributed by atoms with Crippen LogP contribution in [0, 0.1) is 6.92 Å². The van der Waals surface area contributed by atoms with E-state index in [4.69, 9.17) is 0 Å². The molecular weight excluding hydrogens is 486 g/mol. The number of fused-ring (bicyclic) bond motifs is 1. The van der Waals surface area contributed by atoms with Gasteiger partial charge in [0, 0.05) is 19.1 Å². The largest absolute Gasteiger partial charge is 0.350 e. The molecule has 0 spiro atoms. The van der Waals surface area contributed by atoms with Crippen molar-refractivity contribution in [3.63, 3.8) is 0 Å². The number of benzene rings is 3. The van der Waals surface area contributed by atoms with Gasteiger partial charge in [0.25, 0.3) is 0 Å². The molecule has 0 fully saturated rings. The minimum atomic E-state index is -3.93. The zero-order valence-corrected chi connectivity index (χ0v) is 23.3. The smallest absolute Gasteiger partial charge is 0.243 e. The molecule has 0 aromatic heterocycles. The van der Waals surface area contributed by atoms with Crippen molar-refractivity contribution in [1.29, 1.82) is 0 Å². The Morgan fingerprint density at radius 2 is 1.62 bits per heavy atom. The highest BCUT2D eigenvalue weighted by Crippen LogP contribution is 2.22. The maximum absolute atomic E-state index is 13.6. The molecule has 0 unspecified atom stereocenters. The number of nitrogens with zero attached hydrogens (tertiary/aromatic N) is 2. The molecular formula is C29H37N3O4S. The third-order valence-electron chi connectivity index (χ3n) is 6.11. The first-order valence-electron chi connectivity index (χ1n) is 12.4. The van der Waals surface area contributed by atoms with Crippen molar-refractivity contribution in [1.82, 2.24) is 14.5 Å². The molecule has 0 heterocycles. The van der Waals surface area contributed by atoms with Crippen molar-refractivity contribution in [3.05, 3.63) is 77.9 Å². The number of aryl methyl sites for hydroxylation is 1. The van der Waals surface area contributed by atoms with Crippen molar-refractivity contribution >= 4 is 32.6 Å². The fraction of sp³-hybridized carbons (Fsp3) is 0.379. The maximum atomic E-state index is 13.6. The van der Waals surface area contributed by atoms with Crippen LogP contribution in [0.3, 0.4) is 0 Å². The van der Waals surface area contributed by atoms with Gasteiger partial charge < -0.3 is 10.2 Å². The Morgan fingerprint density at radius 3 is 2.24 bits per heavy atom. The van der Waals surface area contributed by atoms with Gasteiger partial charge in [-0.15, -0.1) is 0 Å². The third-order valence-corrected chi connectivity index (χ3v) is 7.91. The second-order valence-corrected chi connectivity index (χ2v) is 12.5. The number of sulfonamides is 1. The predicted octanol–water partition coefficient (Wildman–Crippen LogP) is 4.49. The molecule has 7 nitrogen and oxygen atoms in total. The molecule has 198 valence electrons. The van der Waals surface area contributed by atoms with Gasteiger partial charge in [-0.05, 0) is 62.6 Å². The summed E-state index contributed by atoms with van der Waals surface area (Å²) in [6, 6.07) is 19.4. The Labute approximate surface area is 220 Å². The molecule has 0 saturated carbocycles. The molecule has 0 bridgehead atoms. The zero-order chi connectivity index (χ0) is 27.4. The first-order chi connectivity index (χ1) is 17.3. The van der Waals surface area contributed by atoms with E-state index in [0.717, 1.165) is 26.2 Å². The standard InChI is InChI=1S/C29H37N3O4S/c1-7-26(28(34)30-29(3,4)5)32(19-22-12-10-11-21(2)17-22)27(33)20-31(6)37(35,36)25-16-15-23-13-8-9-14-24(23)18-25/h8-18,26H,7,19-20H2,1-6H3,(H,30,34)/t26-/m0/s1. The zero-order valence-electron chi connectivity index (χ0n) is 22.5. The lowest BCUT2D eigenvalue weighted by atomic mass is 10.0. The van der Waals surface area contributed by atoms with E-state index in [1.807, 2.05) is 83.1 Å². The highest BCUT2D eigenvalue weighted by molar-refractivity contribution is 7.89. The van der Waals surface area contributed by atoms with Gasteiger partial charge in [-0.25, -0.2) is 8.42 Å². The van der Waals surface area contributed by atoms with Gasteiger partial charge in [0.05, 0.1) is 11.4 Å². The number of hydrogen-bond acceptors (Lipinski definition) is 4. The molecule has 1 atom stereocenters. The molecule has 0 radical (unpaired) electrons. The molecule has 0 saturated heterocycles. The second-order valence-electron chi connectivity index (χ2n) is 10.4. The van der Waals surface area contributed by atoms with Crippen LogP contribution < -0.4 is 5.32 Å². The summed E-state index contributed by atoms with van der Waals surface area (Å²) in [6.07, 6.45) is 0.389. The second kappa shape index (κ2) is 11.4. The summed E-state index contributed by atoms with van der Waals surface area (Å²) < 4.78 is 27.8. The van der Waals surface area contributed by atoms with Crippen LogP contribution >= 0.6 is 0 Å². The fourth-order valence-electron chi connectivity index (χ4n) is 4.25. The fourth-order valence-corrected chi connectivity index (χ4v) is 5.41. The lowest BCUT2D eigenvalue weighted by molar-refractivity contribution is -0.142. The van der Waals surface area contributed by atoms with E-state index in [2.05, 4.69) is 5.32 Å². The lowest BCUT2D eigenvalue weighted by Gasteiger charge is -2.34. The highest BCUT2D eigenvalue weighted by atomic mass is 32.2. The summed E-state index contributed by atoms with van der Waals surface area (Å²) in [7, 11) is -2.54. The van der Waals surface area contributed by atoms with Crippen LogP contribution in [0.15, 0.2) is 71.6 Å². The van der Waals surface area contributed by atoms with Gasteiger partial charge in [-0.2, -0.15) is 4.31 Å². The average molecular weight is 524 g/mol. The Morgan fingerprint density at radius 1 is 0.946 bits per heavy atom. The number of rotatable bonds is 9. The van der Waals surface area contributed by atoms with Crippen molar-refractivity contribution in [3.8, 4) is 0 Å². The molecule has 2 amide bonds. The van der Waals surface area contributed by atoms with E-state index in [1.54, 1.807) is 18.2 Å². The van der Waals surface area contributed by atoms with Gasteiger partial charge in [0.15, 0.2) is 0 Å². The van der Waals surface area contributed by atoms with Crippen molar-refractivity contribution in [2.75, 3.05) is 13.6 Å². The Kier molecular flexibility index (Phi) is 8.76. The number of likely N-dealkylation sites (N-methyl/N-ethyl adjacent to an activating group) is 1. The summed E-state index contributed by atoms with van der Waals surface area (Å²) in [5.74, 6) is -0.708. The minimum absolute atomic E-state index is 0.115. The van der Waals surface area contributed by atoms with Crippen LogP contribution in [0.4, 0.5) is 0 Å². The first kappa shape index (κ1) is 28.3. The van der Waals surface area contributed by atoms with Crippen LogP contribution in [0.1, 0.15) is 45.2 Å². The molecule has 0 aliphatic carbocycles. The van der Waals surface area contributed by atoms with Gasteiger partial charge in [0.2, 0.25) is 21.8 Å². The SMILES string of the molecule is CC[C@@H](C(=O)NC(C)(C)C)N(Cc1cccc(C)c1)C(=O)CN(C)S(=O)(=O)c1ccc2ccccc2c1. The molecule has 0 aliphatic heterocycles. The van der Waals surface area contributed by atoms with E-state index in [-0.39, 0.29) is 23.9 Å². The van der Waals surface area contributed by atoms with Crippen LogP contribution in [-0.2, 0) is 26.2 Å². The van der Waals surface area contributed by atoms with Crippen molar-refractivity contribution < 1.29 is 18.0 Å². The van der Waals surface area contributed by atoms with Crippen LogP contribution in [0.5, 0.6) is 0 Å². The monoisotopic (exact) mass is 523 g/mol. The van der Waals surface area contributed by atoms with Crippen molar-refractivity contribution in [2.24, 2.45) is 0 Å². The average Bonchev–Trinajstić information content (AvgIpc) is 2.82. The summed E-state index contributed by atoms with van der Waals surface area (Å²) >= 11 is 0. The third kappa shape index (κ3) is 7.17.